The summed E-state index contributed by atoms with van der Waals surface area (Å²) in [6.07, 6.45) is 0. The van der Waals surface area contributed by atoms with Crippen LogP contribution in [0.4, 0.5) is 22.7 Å². The van der Waals surface area contributed by atoms with E-state index in [9.17, 15) is 29.4 Å². The second-order valence-corrected chi connectivity index (χ2v) is 11.8. The fraction of sp³-hybridized carbons (Fsp3) is 0.0476. The van der Waals surface area contributed by atoms with Gasteiger partial charge in [0, 0.05) is 51.1 Å². The average Bonchev–Trinajstić information content (AvgIpc) is 3.14. The molecule has 6 N–H and O–H groups in total. The lowest BCUT2D eigenvalue weighted by Crippen LogP contribution is -2.14. The van der Waals surface area contributed by atoms with Gasteiger partial charge in [-0.2, -0.15) is 0 Å². The Labute approximate surface area is 300 Å². The van der Waals surface area contributed by atoms with Crippen molar-refractivity contribution in [2.24, 2.45) is 0 Å². The summed E-state index contributed by atoms with van der Waals surface area (Å²) in [5, 5.41) is 29.8. The van der Waals surface area contributed by atoms with Crippen LogP contribution in [0.2, 0.25) is 0 Å². The summed E-state index contributed by atoms with van der Waals surface area (Å²) in [5.74, 6) is -0.879. The van der Waals surface area contributed by atoms with Crippen molar-refractivity contribution in [2.45, 2.75) is 13.8 Å². The third-order valence-electron chi connectivity index (χ3n) is 7.63. The molecule has 0 aromatic heterocycles. The first-order valence-electron chi connectivity index (χ1n) is 16.2. The number of rotatable bonds is 8. The van der Waals surface area contributed by atoms with E-state index in [1.54, 1.807) is 72.8 Å². The zero-order valence-electron chi connectivity index (χ0n) is 28.4. The lowest BCUT2D eigenvalue weighted by atomic mass is 10.1. The van der Waals surface area contributed by atoms with Gasteiger partial charge in [0.2, 0.25) is 0 Å². The number of aromatic hydroxyl groups is 2. The van der Waals surface area contributed by atoms with Crippen molar-refractivity contribution >= 4 is 46.4 Å². The van der Waals surface area contributed by atoms with Crippen LogP contribution in [0.15, 0.2) is 146 Å². The molecule has 0 spiro atoms. The quantitative estimate of drug-likeness (QED) is 0.0880. The Morgan fingerprint density at radius 1 is 0.365 bits per heavy atom. The van der Waals surface area contributed by atoms with Crippen molar-refractivity contribution in [3.63, 3.8) is 0 Å². The zero-order chi connectivity index (χ0) is 37.0. The number of hydrogen-bond donors (Lipinski definition) is 6. The zero-order valence-corrected chi connectivity index (χ0v) is 28.4. The number of aryl methyl sites for hydroxylation is 2. The van der Waals surface area contributed by atoms with Crippen LogP contribution < -0.4 is 21.3 Å². The van der Waals surface area contributed by atoms with Crippen molar-refractivity contribution in [3.05, 3.63) is 179 Å². The first kappa shape index (κ1) is 36.1. The van der Waals surface area contributed by atoms with Gasteiger partial charge in [-0.15, -0.1) is 0 Å². The fourth-order valence-corrected chi connectivity index (χ4v) is 4.85. The molecule has 4 amide bonds. The van der Waals surface area contributed by atoms with Crippen LogP contribution in [0.25, 0.3) is 0 Å². The Morgan fingerprint density at radius 3 is 1.13 bits per heavy atom. The molecule has 0 atom stereocenters. The molecule has 10 nitrogen and oxygen atoms in total. The van der Waals surface area contributed by atoms with Crippen molar-refractivity contribution < 1.29 is 29.4 Å². The Hall–Kier alpha value is -7.20. The molecule has 0 aliphatic rings. The van der Waals surface area contributed by atoms with Crippen LogP contribution in [0.5, 0.6) is 11.5 Å². The molecule has 0 aliphatic heterocycles. The van der Waals surface area contributed by atoms with E-state index in [4.69, 9.17) is 0 Å². The highest BCUT2D eigenvalue weighted by molar-refractivity contribution is 6.08. The Balaban J connectivity index is 0.000000201. The number of carbonyl (C=O) groups is 4. The molecule has 6 rings (SSSR count). The molecule has 0 bridgehead atoms. The lowest BCUT2D eigenvalue weighted by molar-refractivity contribution is 0.101. The first-order valence-corrected chi connectivity index (χ1v) is 16.2. The largest absolute Gasteiger partial charge is 0.508 e. The van der Waals surface area contributed by atoms with E-state index in [1.165, 1.54) is 24.3 Å². The second kappa shape index (κ2) is 17.0. The molecule has 0 heterocycles. The Bertz CT molecular complexity index is 2020. The number of amides is 4. The van der Waals surface area contributed by atoms with E-state index in [1.807, 2.05) is 62.4 Å². The number of phenolic OH excluding ortho intramolecular Hbond substituents is 2. The average molecular weight is 693 g/mol. The first-order chi connectivity index (χ1) is 25.0. The number of phenols is 2. The van der Waals surface area contributed by atoms with E-state index in [2.05, 4.69) is 21.3 Å². The van der Waals surface area contributed by atoms with Gasteiger partial charge in [-0.1, -0.05) is 35.9 Å². The molecule has 0 fully saturated rings. The number of hydrogen-bond acceptors (Lipinski definition) is 6. The summed E-state index contributed by atoms with van der Waals surface area (Å²) in [5.41, 5.74) is 6.46. The van der Waals surface area contributed by atoms with Crippen molar-refractivity contribution in [2.75, 3.05) is 21.3 Å². The van der Waals surface area contributed by atoms with Crippen LogP contribution >= 0.6 is 0 Å². The normalized spacial score (nSPS) is 10.2. The topological polar surface area (TPSA) is 157 Å². The van der Waals surface area contributed by atoms with Crippen LogP contribution in [0, 0.1) is 13.8 Å². The van der Waals surface area contributed by atoms with Gasteiger partial charge in [-0.25, -0.2) is 0 Å². The third-order valence-corrected chi connectivity index (χ3v) is 7.63. The molecular weight excluding hydrogens is 656 g/mol. The molecule has 52 heavy (non-hydrogen) atoms. The van der Waals surface area contributed by atoms with Gasteiger partial charge in [-0.3, -0.25) is 19.2 Å². The third kappa shape index (κ3) is 10.4. The van der Waals surface area contributed by atoms with E-state index in [0.29, 0.717) is 33.6 Å². The number of anilines is 4. The molecule has 260 valence electrons. The monoisotopic (exact) mass is 692 g/mol. The van der Waals surface area contributed by atoms with E-state index < -0.39 is 0 Å². The predicted octanol–water partition coefficient (Wildman–Crippen LogP) is 8.41. The number of nitrogens with one attached hydrogen (secondary N) is 4. The molecule has 6 aromatic carbocycles. The maximum Gasteiger partial charge on any atom is 0.255 e. The molecule has 0 saturated heterocycles. The van der Waals surface area contributed by atoms with E-state index >= 15 is 0 Å². The molecule has 6 aromatic rings. The molecule has 0 aliphatic carbocycles. The number of carbonyl (C=O) groups excluding carboxylic acids is 4. The highest BCUT2D eigenvalue weighted by Crippen LogP contribution is 2.18. The van der Waals surface area contributed by atoms with Crippen LogP contribution in [0.1, 0.15) is 52.6 Å². The summed E-state index contributed by atoms with van der Waals surface area (Å²) in [4.78, 5) is 49.0. The van der Waals surface area contributed by atoms with Crippen LogP contribution in [-0.2, 0) is 0 Å². The molecular formula is C42H36N4O6. The molecule has 0 radical (unpaired) electrons. The molecule has 10 heteroatoms. The number of benzene rings is 6. The predicted molar refractivity (Wildman–Crippen MR) is 203 cm³/mol. The summed E-state index contributed by atoms with van der Waals surface area (Å²) in [6.45, 7) is 3.93. The van der Waals surface area contributed by atoms with Crippen LogP contribution in [-0.4, -0.2) is 33.8 Å². The SMILES string of the molecule is Cc1ccc(NC(=O)c2ccc(C(=O)Nc3ccc(O)cc3)cc2)cc1.Cc1cccc(NC(=O)c2ccc(C(=O)Nc3cccc(O)c3)cc2)c1. The van der Waals surface area contributed by atoms with Gasteiger partial charge >= 0.3 is 0 Å². The summed E-state index contributed by atoms with van der Waals surface area (Å²) in [7, 11) is 0. The minimum Gasteiger partial charge on any atom is -0.508 e. The Morgan fingerprint density at radius 2 is 0.731 bits per heavy atom. The highest BCUT2D eigenvalue weighted by atomic mass is 16.3. The standard InChI is InChI=1S/2C21H18N2O3/c1-14-2-8-17(9-3-14)22-20(25)15-4-6-16(7-5-15)21(26)23-18-10-12-19(24)13-11-18;1-14-4-2-5-17(12-14)22-20(25)15-8-10-16(11-9-15)21(26)23-18-6-3-7-19(24)13-18/h2*2-13,24H,1H3,(H,22,25)(H,23,26). The summed E-state index contributed by atoms with van der Waals surface area (Å²) >= 11 is 0. The summed E-state index contributed by atoms with van der Waals surface area (Å²) < 4.78 is 0. The van der Waals surface area contributed by atoms with Crippen molar-refractivity contribution in [1.82, 2.24) is 0 Å². The smallest absolute Gasteiger partial charge is 0.255 e. The maximum atomic E-state index is 12.3. The molecule has 0 saturated carbocycles. The van der Waals surface area contributed by atoms with Gasteiger partial charge in [0.1, 0.15) is 11.5 Å². The van der Waals surface area contributed by atoms with Crippen molar-refractivity contribution in [1.29, 1.82) is 0 Å². The minimum absolute atomic E-state index is 0.0750. The lowest BCUT2D eigenvalue weighted by Gasteiger charge is -2.08. The second-order valence-electron chi connectivity index (χ2n) is 11.8. The van der Waals surface area contributed by atoms with Gasteiger partial charge in [0.15, 0.2) is 0 Å². The van der Waals surface area contributed by atoms with Gasteiger partial charge < -0.3 is 31.5 Å². The van der Waals surface area contributed by atoms with E-state index in [-0.39, 0.29) is 35.1 Å². The Kier molecular flexibility index (Phi) is 11.8. The van der Waals surface area contributed by atoms with Gasteiger partial charge in [0.05, 0.1) is 0 Å². The fourth-order valence-electron chi connectivity index (χ4n) is 4.85. The van der Waals surface area contributed by atoms with Gasteiger partial charge in [0.25, 0.3) is 23.6 Å². The van der Waals surface area contributed by atoms with Crippen LogP contribution in [0.3, 0.4) is 0 Å². The summed E-state index contributed by atoms with van der Waals surface area (Å²) in [6, 6.07) is 40.4. The highest BCUT2D eigenvalue weighted by Gasteiger charge is 2.12. The van der Waals surface area contributed by atoms with Crippen molar-refractivity contribution in [3.8, 4) is 11.5 Å². The molecule has 0 unspecified atom stereocenters. The van der Waals surface area contributed by atoms with E-state index in [0.717, 1.165) is 22.5 Å². The maximum absolute atomic E-state index is 12.3. The van der Waals surface area contributed by atoms with Gasteiger partial charge in [-0.05, 0) is 129 Å². The minimum atomic E-state index is -0.318.